The molecule has 0 bridgehead atoms. The summed E-state index contributed by atoms with van der Waals surface area (Å²) in [4.78, 5) is 6.90. The van der Waals surface area contributed by atoms with Gasteiger partial charge in [-0.1, -0.05) is 12.8 Å². The number of halogens is 1. The van der Waals surface area contributed by atoms with Gasteiger partial charge < -0.3 is 15.5 Å². The smallest absolute Gasteiger partial charge is 0.190 e. The summed E-state index contributed by atoms with van der Waals surface area (Å²) < 4.78 is 0. The first kappa shape index (κ1) is 19.0. The second-order valence-electron chi connectivity index (χ2n) is 6.29. The van der Waals surface area contributed by atoms with Crippen LogP contribution in [0.1, 0.15) is 51.4 Å². The van der Waals surface area contributed by atoms with Gasteiger partial charge in [-0.2, -0.15) is 0 Å². The first-order chi connectivity index (χ1) is 9.88. The standard InChI is InChI=1S/C16H32N4.HI/c1-17-16(19-14-15-8-9-15)18-10-4-2-5-11-20-12-6-3-7-13-20;/h15H,2-14H2,1H3,(H2,17,18,19);1H. The summed E-state index contributed by atoms with van der Waals surface area (Å²) in [5, 5.41) is 6.82. The lowest BCUT2D eigenvalue weighted by atomic mass is 10.1. The molecule has 1 heterocycles. The Morgan fingerprint density at radius 3 is 2.48 bits per heavy atom. The van der Waals surface area contributed by atoms with Crippen LogP contribution in [0.25, 0.3) is 0 Å². The summed E-state index contributed by atoms with van der Waals surface area (Å²) in [6.45, 7) is 6.10. The largest absolute Gasteiger partial charge is 0.356 e. The number of rotatable bonds is 8. The molecular formula is C16H33IN4. The molecule has 0 radical (unpaired) electrons. The van der Waals surface area contributed by atoms with E-state index in [1.54, 1.807) is 0 Å². The molecular weight excluding hydrogens is 375 g/mol. The van der Waals surface area contributed by atoms with Crippen LogP contribution < -0.4 is 10.6 Å². The van der Waals surface area contributed by atoms with Gasteiger partial charge in [0.2, 0.25) is 0 Å². The molecule has 21 heavy (non-hydrogen) atoms. The molecule has 2 N–H and O–H groups in total. The van der Waals surface area contributed by atoms with Crippen molar-refractivity contribution in [3.8, 4) is 0 Å². The zero-order chi connectivity index (χ0) is 14.0. The first-order valence-electron chi connectivity index (χ1n) is 8.55. The van der Waals surface area contributed by atoms with E-state index in [1.165, 1.54) is 71.0 Å². The van der Waals surface area contributed by atoms with Gasteiger partial charge in [-0.05, 0) is 64.1 Å². The van der Waals surface area contributed by atoms with Crippen molar-refractivity contribution in [2.75, 3.05) is 39.8 Å². The van der Waals surface area contributed by atoms with E-state index in [2.05, 4.69) is 20.5 Å². The molecule has 1 aliphatic heterocycles. The number of nitrogens with one attached hydrogen (secondary N) is 2. The van der Waals surface area contributed by atoms with Gasteiger partial charge in [-0.25, -0.2) is 0 Å². The average Bonchev–Trinajstić information content (AvgIpc) is 3.31. The number of guanidine groups is 1. The topological polar surface area (TPSA) is 39.7 Å². The van der Waals surface area contributed by atoms with Crippen LogP contribution in [0.4, 0.5) is 0 Å². The lowest BCUT2D eigenvalue weighted by Gasteiger charge is -2.26. The lowest BCUT2D eigenvalue weighted by molar-refractivity contribution is 0.224. The summed E-state index contributed by atoms with van der Waals surface area (Å²) in [6, 6.07) is 0. The van der Waals surface area contributed by atoms with E-state index in [9.17, 15) is 0 Å². The number of hydrogen-bond acceptors (Lipinski definition) is 2. The van der Waals surface area contributed by atoms with Crippen LogP contribution in [0.5, 0.6) is 0 Å². The minimum absolute atomic E-state index is 0. The van der Waals surface area contributed by atoms with Gasteiger partial charge in [0.15, 0.2) is 5.96 Å². The molecule has 1 saturated carbocycles. The number of aliphatic imine (C=N–C) groups is 1. The number of nitrogens with zero attached hydrogens (tertiary/aromatic N) is 2. The van der Waals surface area contributed by atoms with Crippen LogP contribution in [0, 0.1) is 5.92 Å². The highest BCUT2D eigenvalue weighted by atomic mass is 127. The quantitative estimate of drug-likeness (QED) is 0.281. The van der Waals surface area contributed by atoms with Gasteiger partial charge in [-0.15, -0.1) is 24.0 Å². The van der Waals surface area contributed by atoms with Crippen LogP contribution >= 0.6 is 24.0 Å². The number of piperidine rings is 1. The molecule has 1 saturated heterocycles. The Labute approximate surface area is 147 Å². The molecule has 0 aromatic heterocycles. The fourth-order valence-corrected chi connectivity index (χ4v) is 2.81. The van der Waals surface area contributed by atoms with Crippen LogP contribution in [0.3, 0.4) is 0 Å². The fourth-order valence-electron chi connectivity index (χ4n) is 2.81. The predicted octanol–water partition coefficient (Wildman–Crippen LogP) is 2.84. The van der Waals surface area contributed by atoms with Gasteiger partial charge in [0.25, 0.3) is 0 Å². The van der Waals surface area contributed by atoms with Crippen molar-refractivity contribution in [1.82, 2.24) is 15.5 Å². The van der Waals surface area contributed by atoms with Crippen molar-refractivity contribution in [3.05, 3.63) is 0 Å². The maximum Gasteiger partial charge on any atom is 0.190 e. The first-order valence-corrected chi connectivity index (χ1v) is 8.55. The highest BCUT2D eigenvalue weighted by Gasteiger charge is 2.20. The average molecular weight is 408 g/mol. The minimum Gasteiger partial charge on any atom is -0.356 e. The van der Waals surface area contributed by atoms with E-state index in [4.69, 9.17) is 0 Å². The minimum atomic E-state index is 0. The monoisotopic (exact) mass is 408 g/mol. The summed E-state index contributed by atoms with van der Waals surface area (Å²) in [6.07, 6.45) is 10.9. The number of unbranched alkanes of at least 4 members (excludes halogenated alkanes) is 2. The highest BCUT2D eigenvalue weighted by molar-refractivity contribution is 14.0. The Bertz CT molecular complexity index is 286. The van der Waals surface area contributed by atoms with Gasteiger partial charge in [0, 0.05) is 20.1 Å². The third-order valence-corrected chi connectivity index (χ3v) is 4.37. The second kappa shape index (κ2) is 11.5. The fraction of sp³-hybridized carbons (Fsp3) is 0.938. The third kappa shape index (κ3) is 8.86. The van der Waals surface area contributed by atoms with E-state index < -0.39 is 0 Å². The van der Waals surface area contributed by atoms with E-state index in [1.807, 2.05) is 7.05 Å². The summed E-state index contributed by atoms with van der Waals surface area (Å²) >= 11 is 0. The Kier molecular flexibility index (Phi) is 10.4. The van der Waals surface area contributed by atoms with Crippen LogP contribution in [0.2, 0.25) is 0 Å². The second-order valence-corrected chi connectivity index (χ2v) is 6.29. The van der Waals surface area contributed by atoms with Crippen LogP contribution in [0.15, 0.2) is 4.99 Å². The van der Waals surface area contributed by atoms with Gasteiger partial charge in [-0.3, -0.25) is 4.99 Å². The highest BCUT2D eigenvalue weighted by Crippen LogP contribution is 2.27. The molecule has 0 aromatic carbocycles. The predicted molar refractivity (Wildman–Crippen MR) is 102 cm³/mol. The zero-order valence-corrected chi connectivity index (χ0v) is 15.9. The van der Waals surface area contributed by atoms with Gasteiger partial charge in [0.1, 0.15) is 0 Å². The van der Waals surface area contributed by atoms with Crippen LogP contribution in [-0.4, -0.2) is 50.6 Å². The van der Waals surface area contributed by atoms with Crippen LogP contribution in [-0.2, 0) is 0 Å². The molecule has 5 heteroatoms. The van der Waals surface area contributed by atoms with Crippen molar-refractivity contribution in [2.24, 2.45) is 10.9 Å². The molecule has 0 aromatic rings. The SMILES string of the molecule is CN=C(NCCCCCN1CCCCC1)NCC1CC1.I. The Morgan fingerprint density at radius 1 is 1.05 bits per heavy atom. The Morgan fingerprint density at radius 2 is 1.81 bits per heavy atom. The molecule has 0 amide bonds. The van der Waals surface area contributed by atoms with E-state index >= 15 is 0 Å². The lowest BCUT2D eigenvalue weighted by Crippen LogP contribution is -2.38. The van der Waals surface area contributed by atoms with Crippen molar-refractivity contribution in [2.45, 2.75) is 51.4 Å². The molecule has 2 fully saturated rings. The molecule has 0 unspecified atom stereocenters. The maximum absolute atomic E-state index is 4.27. The Hall–Kier alpha value is -0.0400. The molecule has 2 aliphatic rings. The van der Waals surface area contributed by atoms with Crippen molar-refractivity contribution < 1.29 is 0 Å². The van der Waals surface area contributed by atoms with E-state index in [0.717, 1.165) is 25.0 Å². The van der Waals surface area contributed by atoms with Crippen molar-refractivity contribution >= 4 is 29.9 Å². The molecule has 2 rings (SSSR count). The van der Waals surface area contributed by atoms with E-state index in [0.29, 0.717) is 0 Å². The zero-order valence-electron chi connectivity index (χ0n) is 13.6. The van der Waals surface area contributed by atoms with Crippen molar-refractivity contribution in [1.29, 1.82) is 0 Å². The van der Waals surface area contributed by atoms with E-state index in [-0.39, 0.29) is 24.0 Å². The number of likely N-dealkylation sites (tertiary alicyclic amines) is 1. The van der Waals surface area contributed by atoms with Gasteiger partial charge in [0.05, 0.1) is 0 Å². The number of hydrogen-bond donors (Lipinski definition) is 2. The third-order valence-electron chi connectivity index (χ3n) is 4.37. The maximum atomic E-state index is 4.27. The van der Waals surface area contributed by atoms with Gasteiger partial charge >= 0.3 is 0 Å². The summed E-state index contributed by atoms with van der Waals surface area (Å²) in [5.74, 6) is 1.88. The molecule has 1 aliphatic carbocycles. The Balaban J connectivity index is 0.00000220. The molecule has 0 spiro atoms. The molecule has 4 nitrogen and oxygen atoms in total. The summed E-state index contributed by atoms with van der Waals surface area (Å²) in [7, 11) is 1.86. The van der Waals surface area contributed by atoms with Crippen molar-refractivity contribution in [3.63, 3.8) is 0 Å². The molecule has 124 valence electrons. The normalized spacial score (nSPS) is 20.0. The molecule has 0 atom stereocenters. The summed E-state index contributed by atoms with van der Waals surface area (Å²) in [5.41, 5.74) is 0.